The van der Waals surface area contributed by atoms with Gasteiger partial charge in [-0.3, -0.25) is 4.79 Å². The summed E-state index contributed by atoms with van der Waals surface area (Å²) in [5.41, 5.74) is 0. The lowest BCUT2D eigenvalue weighted by Gasteiger charge is -2.22. The Morgan fingerprint density at radius 2 is 1.62 bits per heavy atom. The molecule has 0 unspecified atom stereocenters. The van der Waals surface area contributed by atoms with Crippen LogP contribution in [0.4, 0.5) is 0 Å². The molecule has 0 rings (SSSR count). The second-order valence-electron chi connectivity index (χ2n) is 5.08. The molecule has 2 atom stereocenters. The molecule has 0 saturated heterocycles. The van der Waals surface area contributed by atoms with Gasteiger partial charge in [-0.05, 0) is 18.8 Å². The van der Waals surface area contributed by atoms with Gasteiger partial charge in [0, 0.05) is 12.3 Å². The number of carbonyl (C=O) groups is 1. The van der Waals surface area contributed by atoms with Crippen LogP contribution in [0.2, 0.25) is 0 Å². The van der Waals surface area contributed by atoms with E-state index in [1.54, 1.807) is 0 Å². The molecule has 0 heterocycles. The van der Waals surface area contributed by atoms with Crippen molar-refractivity contribution in [2.75, 3.05) is 0 Å². The average molecular weight is 226 g/mol. The minimum atomic E-state index is 0.335. The van der Waals surface area contributed by atoms with Crippen molar-refractivity contribution in [2.24, 2.45) is 11.8 Å². The van der Waals surface area contributed by atoms with Crippen LogP contribution >= 0.6 is 0 Å². The molecular formula is C15H30O. The van der Waals surface area contributed by atoms with Crippen molar-refractivity contribution in [1.82, 2.24) is 0 Å². The predicted octanol–water partition coefficient (Wildman–Crippen LogP) is 4.99. The van der Waals surface area contributed by atoms with Crippen LogP contribution in [0.5, 0.6) is 0 Å². The first-order valence-corrected chi connectivity index (χ1v) is 7.19. The lowest BCUT2D eigenvalue weighted by Crippen LogP contribution is -2.21. The third-order valence-corrected chi connectivity index (χ3v) is 3.46. The normalized spacial score (nSPS) is 14.8. The molecule has 0 spiro atoms. The maximum atomic E-state index is 12.0. The van der Waals surface area contributed by atoms with Gasteiger partial charge in [-0.1, -0.05) is 59.8 Å². The molecule has 1 heteroatoms. The van der Waals surface area contributed by atoms with Gasteiger partial charge in [-0.25, -0.2) is 0 Å². The highest BCUT2D eigenvalue weighted by atomic mass is 16.1. The van der Waals surface area contributed by atoms with E-state index in [1.165, 1.54) is 25.7 Å². The van der Waals surface area contributed by atoms with E-state index in [0.29, 0.717) is 17.6 Å². The molecule has 0 aromatic heterocycles. The first kappa shape index (κ1) is 15.7. The van der Waals surface area contributed by atoms with Crippen LogP contribution in [0.3, 0.4) is 0 Å². The van der Waals surface area contributed by atoms with Gasteiger partial charge in [0.05, 0.1) is 0 Å². The van der Waals surface area contributed by atoms with E-state index in [1.807, 2.05) is 0 Å². The number of hydrogen-bond acceptors (Lipinski definition) is 1. The number of unbranched alkanes of at least 4 members (excludes halogenated alkanes) is 2. The molecular weight excluding hydrogens is 196 g/mol. The van der Waals surface area contributed by atoms with E-state index in [9.17, 15) is 4.79 Å². The maximum absolute atomic E-state index is 12.0. The van der Waals surface area contributed by atoms with Crippen molar-refractivity contribution >= 4 is 5.78 Å². The zero-order valence-corrected chi connectivity index (χ0v) is 11.7. The summed E-state index contributed by atoms with van der Waals surface area (Å²) in [6.45, 7) is 8.79. The monoisotopic (exact) mass is 226 g/mol. The molecule has 0 N–H and O–H groups in total. The summed E-state index contributed by atoms with van der Waals surface area (Å²) < 4.78 is 0. The Balaban J connectivity index is 4.11. The van der Waals surface area contributed by atoms with Crippen LogP contribution in [0.1, 0.15) is 79.1 Å². The summed E-state index contributed by atoms with van der Waals surface area (Å²) in [7, 11) is 0. The van der Waals surface area contributed by atoms with Crippen molar-refractivity contribution in [3.8, 4) is 0 Å². The molecule has 96 valence electrons. The fourth-order valence-electron chi connectivity index (χ4n) is 2.42. The number of rotatable bonds is 10. The summed E-state index contributed by atoms with van der Waals surface area (Å²) in [5, 5.41) is 0. The maximum Gasteiger partial charge on any atom is 0.136 e. The van der Waals surface area contributed by atoms with E-state index in [4.69, 9.17) is 0 Å². The molecule has 0 radical (unpaired) electrons. The Morgan fingerprint density at radius 3 is 2.12 bits per heavy atom. The van der Waals surface area contributed by atoms with Crippen LogP contribution in [0.25, 0.3) is 0 Å². The smallest absolute Gasteiger partial charge is 0.136 e. The van der Waals surface area contributed by atoms with Crippen LogP contribution < -0.4 is 0 Å². The highest BCUT2D eigenvalue weighted by Gasteiger charge is 2.22. The highest BCUT2D eigenvalue weighted by molar-refractivity contribution is 5.81. The van der Waals surface area contributed by atoms with Crippen molar-refractivity contribution in [2.45, 2.75) is 79.1 Å². The molecule has 0 aromatic rings. The van der Waals surface area contributed by atoms with Crippen molar-refractivity contribution in [3.05, 3.63) is 0 Å². The molecule has 0 bridgehead atoms. The number of hydrogen-bond donors (Lipinski definition) is 0. The van der Waals surface area contributed by atoms with E-state index < -0.39 is 0 Å². The second kappa shape index (κ2) is 9.86. The van der Waals surface area contributed by atoms with Gasteiger partial charge < -0.3 is 0 Å². The van der Waals surface area contributed by atoms with E-state index >= 15 is 0 Å². The molecule has 0 amide bonds. The Bertz CT molecular complexity index is 174. The quantitative estimate of drug-likeness (QED) is 0.480. The average Bonchev–Trinajstić information content (AvgIpc) is 2.26. The van der Waals surface area contributed by atoms with Crippen LogP contribution in [-0.2, 0) is 4.79 Å². The topological polar surface area (TPSA) is 17.1 Å². The number of ketones is 1. The molecule has 0 saturated carbocycles. The summed E-state index contributed by atoms with van der Waals surface area (Å²) in [5.74, 6) is 1.43. The summed E-state index contributed by atoms with van der Waals surface area (Å²) in [6, 6.07) is 0. The lowest BCUT2D eigenvalue weighted by atomic mass is 9.82. The highest BCUT2D eigenvalue weighted by Crippen LogP contribution is 2.25. The Morgan fingerprint density at radius 1 is 0.938 bits per heavy atom. The van der Waals surface area contributed by atoms with Gasteiger partial charge in [-0.2, -0.15) is 0 Å². The van der Waals surface area contributed by atoms with Gasteiger partial charge in [0.1, 0.15) is 5.78 Å². The minimum Gasteiger partial charge on any atom is -0.299 e. The summed E-state index contributed by atoms with van der Waals surface area (Å²) >= 11 is 0. The second-order valence-corrected chi connectivity index (χ2v) is 5.08. The molecule has 0 aromatic carbocycles. The summed E-state index contributed by atoms with van der Waals surface area (Å²) in [6.07, 6.45) is 9.11. The summed E-state index contributed by atoms with van der Waals surface area (Å²) in [4.78, 5) is 12.0. The Hall–Kier alpha value is -0.330. The molecule has 0 aliphatic heterocycles. The Labute approximate surface area is 102 Å². The SMILES string of the molecule is CCCCC[C@@H](C)[C@@H](CCC)C(=O)CCC. The lowest BCUT2D eigenvalue weighted by molar-refractivity contribution is -0.124. The molecule has 0 fully saturated rings. The Kier molecular flexibility index (Phi) is 9.66. The first-order valence-electron chi connectivity index (χ1n) is 7.19. The minimum absolute atomic E-state index is 0.335. The van der Waals surface area contributed by atoms with Gasteiger partial charge >= 0.3 is 0 Å². The van der Waals surface area contributed by atoms with Crippen molar-refractivity contribution in [3.63, 3.8) is 0 Å². The zero-order valence-electron chi connectivity index (χ0n) is 11.7. The standard InChI is InChI=1S/C15H30O/c1-5-8-9-12-13(4)14(10-6-2)15(16)11-7-3/h13-14H,5-12H2,1-4H3/t13-,14-/m1/s1. The predicted molar refractivity (Wildman–Crippen MR) is 71.6 cm³/mol. The van der Waals surface area contributed by atoms with E-state index in [-0.39, 0.29) is 0 Å². The zero-order chi connectivity index (χ0) is 12.4. The number of carbonyl (C=O) groups excluding carboxylic acids is 1. The third-order valence-electron chi connectivity index (χ3n) is 3.46. The largest absolute Gasteiger partial charge is 0.299 e. The van der Waals surface area contributed by atoms with E-state index in [2.05, 4.69) is 27.7 Å². The van der Waals surface area contributed by atoms with Crippen molar-refractivity contribution in [1.29, 1.82) is 0 Å². The van der Waals surface area contributed by atoms with Gasteiger partial charge in [-0.15, -0.1) is 0 Å². The van der Waals surface area contributed by atoms with Gasteiger partial charge in [0.25, 0.3) is 0 Å². The third kappa shape index (κ3) is 6.30. The van der Waals surface area contributed by atoms with Crippen LogP contribution in [-0.4, -0.2) is 5.78 Å². The fraction of sp³-hybridized carbons (Fsp3) is 0.933. The molecule has 0 aliphatic rings. The van der Waals surface area contributed by atoms with E-state index in [0.717, 1.165) is 25.7 Å². The number of Topliss-reactive ketones (excluding diaryl/α,β-unsaturated/α-hetero) is 1. The molecule has 1 nitrogen and oxygen atoms in total. The molecule has 0 aliphatic carbocycles. The van der Waals surface area contributed by atoms with Gasteiger partial charge in [0.15, 0.2) is 0 Å². The van der Waals surface area contributed by atoms with Gasteiger partial charge in [0.2, 0.25) is 0 Å². The van der Waals surface area contributed by atoms with Crippen LogP contribution in [0.15, 0.2) is 0 Å². The molecule has 16 heavy (non-hydrogen) atoms. The van der Waals surface area contributed by atoms with Crippen LogP contribution in [0, 0.1) is 11.8 Å². The fourth-order valence-corrected chi connectivity index (χ4v) is 2.42. The first-order chi connectivity index (χ1) is 7.67. The van der Waals surface area contributed by atoms with Crippen molar-refractivity contribution < 1.29 is 4.79 Å².